The summed E-state index contributed by atoms with van der Waals surface area (Å²) in [7, 11) is 0. The van der Waals surface area contributed by atoms with Gasteiger partial charge in [-0.05, 0) is 40.0 Å². The maximum atomic E-state index is 13.4. The second kappa shape index (κ2) is 5.54. The first-order valence-electron chi connectivity index (χ1n) is 5.68. The number of nitrogen functional groups attached to an aromatic ring is 1. The zero-order valence-electron chi connectivity index (χ0n) is 10.4. The van der Waals surface area contributed by atoms with Crippen molar-refractivity contribution in [2.24, 2.45) is 0 Å². The van der Waals surface area contributed by atoms with Crippen LogP contribution in [-0.4, -0.2) is 9.97 Å². The molecule has 0 aliphatic rings. The minimum absolute atomic E-state index is 0.190. The van der Waals surface area contributed by atoms with Gasteiger partial charge in [-0.25, -0.2) is 14.4 Å². The lowest BCUT2D eigenvalue weighted by Gasteiger charge is -2.11. The fraction of sp³-hybridized carbons (Fsp3) is 0.231. The third-order valence-electron chi connectivity index (χ3n) is 2.57. The number of rotatable bonds is 2. The summed E-state index contributed by atoms with van der Waals surface area (Å²) in [6.45, 7) is 4.02. The quantitative estimate of drug-likeness (QED) is 0.823. The molecule has 0 saturated heterocycles. The topological polar surface area (TPSA) is 51.8 Å². The second-order valence-electron chi connectivity index (χ2n) is 4.44. The number of nitrogens with zero attached hydrogens (tertiary/aromatic N) is 2. The van der Waals surface area contributed by atoms with E-state index in [1.165, 1.54) is 12.1 Å². The largest absolute Gasteiger partial charge is 0.383 e. The third-order valence-corrected chi connectivity index (χ3v) is 3.84. The summed E-state index contributed by atoms with van der Waals surface area (Å²) in [6, 6.07) is 4.53. The molecule has 0 bridgehead atoms. The fourth-order valence-corrected chi connectivity index (χ4v) is 2.78. The highest BCUT2D eigenvalue weighted by atomic mass is 79.9. The lowest BCUT2D eigenvalue weighted by atomic mass is 10.1. The zero-order chi connectivity index (χ0) is 14.2. The Morgan fingerprint density at radius 2 is 1.84 bits per heavy atom. The van der Waals surface area contributed by atoms with Gasteiger partial charge < -0.3 is 5.73 Å². The van der Waals surface area contributed by atoms with E-state index in [1.807, 2.05) is 13.8 Å². The number of aromatic nitrogens is 2. The summed E-state index contributed by atoms with van der Waals surface area (Å²) in [4.78, 5) is 8.66. The Balaban J connectivity index is 2.62. The van der Waals surface area contributed by atoms with E-state index >= 15 is 0 Å². The number of anilines is 1. The summed E-state index contributed by atoms with van der Waals surface area (Å²) in [5, 5.41) is 0. The summed E-state index contributed by atoms with van der Waals surface area (Å²) < 4.78 is 14.8. The number of benzene rings is 1. The van der Waals surface area contributed by atoms with E-state index in [0.717, 1.165) is 5.69 Å². The van der Waals surface area contributed by atoms with E-state index in [0.29, 0.717) is 26.2 Å². The van der Waals surface area contributed by atoms with Crippen LogP contribution in [0.2, 0.25) is 0 Å². The van der Waals surface area contributed by atoms with Gasteiger partial charge in [-0.1, -0.05) is 29.8 Å². The number of nitrogens with two attached hydrogens (primary N) is 1. The van der Waals surface area contributed by atoms with Gasteiger partial charge in [-0.2, -0.15) is 0 Å². The Morgan fingerprint density at radius 3 is 2.42 bits per heavy atom. The lowest BCUT2D eigenvalue weighted by Crippen LogP contribution is -2.04. The molecule has 19 heavy (non-hydrogen) atoms. The van der Waals surface area contributed by atoms with E-state index in [-0.39, 0.29) is 11.7 Å². The van der Waals surface area contributed by atoms with Crippen molar-refractivity contribution >= 4 is 37.7 Å². The lowest BCUT2D eigenvalue weighted by molar-refractivity contribution is 0.627. The van der Waals surface area contributed by atoms with Crippen LogP contribution >= 0.6 is 31.9 Å². The van der Waals surface area contributed by atoms with Gasteiger partial charge in [0.15, 0.2) is 5.82 Å². The van der Waals surface area contributed by atoms with Crippen molar-refractivity contribution in [1.29, 1.82) is 0 Å². The second-order valence-corrected chi connectivity index (χ2v) is 6.15. The summed E-state index contributed by atoms with van der Waals surface area (Å²) in [5.41, 5.74) is 7.27. The molecule has 0 fully saturated rings. The van der Waals surface area contributed by atoms with Gasteiger partial charge in [0, 0.05) is 10.0 Å². The highest BCUT2D eigenvalue weighted by Gasteiger charge is 2.14. The minimum Gasteiger partial charge on any atom is -0.383 e. The predicted molar refractivity (Wildman–Crippen MR) is 81.3 cm³/mol. The van der Waals surface area contributed by atoms with Crippen molar-refractivity contribution < 1.29 is 4.39 Å². The maximum absolute atomic E-state index is 13.4. The molecule has 2 rings (SSSR count). The molecule has 0 radical (unpaired) electrons. The van der Waals surface area contributed by atoms with Crippen LogP contribution in [0, 0.1) is 5.82 Å². The number of hydrogen-bond donors (Lipinski definition) is 1. The molecule has 3 nitrogen and oxygen atoms in total. The Bertz CT molecular complexity index is 609. The van der Waals surface area contributed by atoms with Gasteiger partial charge in [0.1, 0.15) is 11.6 Å². The van der Waals surface area contributed by atoms with Crippen LogP contribution in [0.1, 0.15) is 25.5 Å². The van der Waals surface area contributed by atoms with Gasteiger partial charge >= 0.3 is 0 Å². The van der Waals surface area contributed by atoms with Crippen molar-refractivity contribution in [2.45, 2.75) is 19.8 Å². The van der Waals surface area contributed by atoms with E-state index in [9.17, 15) is 4.39 Å². The highest BCUT2D eigenvalue weighted by Crippen LogP contribution is 2.30. The molecular formula is C13H12Br2FN3. The van der Waals surface area contributed by atoms with Gasteiger partial charge in [0.25, 0.3) is 0 Å². The summed E-state index contributed by atoms with van der Waals surface area (Å²) in [5.74, 6) is 0.620. The Hall–Kier alpha value is -1.01. The standard InChI is InChI=1S/C13H12Br2FN3/c1-6(2)11-10(15)12(17)19-13(18-11)7-3-8(14)5-9(16)4-7/h3-6H,1-2H3,(H2,17,18,19). The van der Waals surface area contributed by atoms with Crippen LogP contribution in [-0.2, 0) is 0 Å². The van der Waals surface area contributed by atoms with Gasteiger partial charge in [0.2, 0.25) is 0 Å². The van der Waals surface area contributed by atoms with Gasteiger partial charge in [-0.15, -0.1) is 0 Å². The molecule has 1 aromatic heterocycles. The molecular weight excluding hydrogens is 377 g/mol. The fourth-order valence-electron chi connectivity index (χ4n) is 1.68. The molecule has 0 saturated carbocycles. The predicted octanol–water partition coefficient (Wildman–Crippen LogP) is 4.51. The molecule has 0 aliphatic carbocycles. The zero-order valence-corrected chi connectivity index (χ0v) is 13.6. The molecule has 0 spiro atoms. The van der Waals surface area contributed by atoms with Crippen molar-refractivity contribution in [3.8, 4) is 11.4 Å². The summed E-state index contributed by atoms with van der Waals surface area (Å²) >= 11 is 6.64. The first kappa shape index (κ1) is 14.4. The molecule has 2 aromatic rings. The minimum atomic E-state index is -0.347. The molecule has 0 unspecified atom stereocenters. The van der Waals surface area contributed by atoms with E-state index in [4.69, 9.17) is 5.73 Å². The average molecular weight is 389 g/mol. The average Bonchev–Trinajstić information content (AvgIpc) is 2.30. The first-order chi connectivity index (χ1) is 8.88. The summed E-state index contributed by atoms with van der Waals surface area (Å²) in [6.07, 6.45) is 0. The Morgan fingerprint density at radius 1 is 1.16 bits per heavy atom. The molecule has 6 heteroatoms. The monoisotopic (exact) mass is 387 g/mol. The van der Waals surface area contributed by atoms with E-state index in [1.54, 1.807) is 6.07 Å². The van der Waals surface area contributed by atoms with Crippen molar-refractivity contribution in [1.82, 2.24) is 9.97 Å². The molecule has 0 atom stereocenters. The molecule has 0 amide bonds. The first-order valence-corrected chi connectivity index (χ1v) is 7.26. The highest BCUT2D eigenvalue weighted by molar-refractivity contribution is 9.11. The molecule has 0 aliphatic heterocycles. The van der Waals surface area contributed by atoms with E-state index < -0.39 is 0 Å². The van der Waals surface area contributed by atoms with Crippen LogP contribution in [0.5, 0.6) is 0 Å². The SMILES string of the molecule is CC(C)c1nc(-c2cc(F)cc(Br)c2)nc(N)c1Br. The third kappa shape index (κ3) is 3.12. The van der Waals surface area contributed by atoms with Crippen LogP contribution in [0.15, 0.2) is 27.1 Å². The molecule has 1 heterocycles. The number of hydrogen-bond acceptors (Lipinski definition) is 3. The molecule has 2 N–H and O–H groups in total. The molecule has 100 valence electrons. The Kier molecular flexibility index (Phi) is 4.20. The van der Waals surface area contributed by atoms with Crippen molar-refractivity contribution in [2.75, 3.05) is 5.73 Å². The smallest absolute Gasteiger partial charge is 0.161 e. The maximum Gasteiger partial charge on any atom is 0.161 e. The van der Waals surface area contributed by atoms with E-state index in [2.05, 4.69) is 41.8 Å². The van der Waals surface area contributed by atoms with Crippen LogP contribution < -0.4 is 5.73 Å². The van der Waals surface area contributed by atoms with Crippen LogP contribution in [0.25, 0.3) is 11.4 Å². The normalized spacial score (nSPS) is 11.1. The van der Waals surface area contributed by atoms with Crippen molar-refractivity contribution in [3.63, 3.8) is 0 Å². The molecule has 1 aromatic carbocycles. The van der Waals surface area contributed by atoms with Gasteiger partial charge in [-0.3, -0.25) is 0 Å². The Labute approximate surface area is 127 Å². The van der Waals surface area contributed by atoms with Crippen molar-refractivity contribution in [3.05, 3.63) is 38.7 Å². The van der Waals surface area contributed by atoms with Crippen LogP contribution in [0.4, 0.5) is 10.2 Å². The number of halogens is 3. The van der Waals surface area contributed by atoms with Gasteiger partial charge in [0.05, 0.1) is 10.2 Å². The van der Waals surface area contributed by atoms with Crippen LogP contribution in [0.3, 0.4) is 0 Å².